The van der Waals surface area contributed by atoms with E-state index in [1.807, 2.05) is 12.3 Å². The van der Waals surface area contributed by atoms with Crippen molar-refractivity contribution < 1.29 is 0 Å². The number of nitriles is 1. The molecular weight excluding hydrogens is 274 g/mol. The van der Waals surface area contributed by atoms with E-state index in [1.165, 1.54) is 11.1 Å². The Morgan fingerprint density at radius 1 is 1.32 bits per heavy atom. The Morgan fingerprint density at radius 3 is 3.09 bits per heavy atom. The lowest BCUT2D eigenvalue weighted by Crippen LogP contribution is -2.18. The largest absolute Gasteiger partial charge is 0.346 e. The summed E-state index contributed by atoms with van der Waals surface area (Å²) in [6.45, 7) is 2.17. The molecular formula is C17H15N5. The smallest absolute Gasteiger partial charge is 0.177 e. The van der Waals surface area contributed by atoms with Gasteiger partial charge in [0, 0.05) is 17.1 Å². The number of benzene rings is 1. The minimum atomic E-state index is 0.0866. The first kappa shape index (κ1) is 12.8. The molecule has 2 aromatic heterocycles. The van der Waals surface area contributed by atoms with E-state index in [4.69, 9.17) is 5.26 Å². The van der Waals surface area contributed by atoms with Crippen LogP contribution in [0.2, 0.25) is 0 Å². The fourth-order valence-corrected chi connectivity index (χ4v) is 3.38. The van der Waals surface area contributed by atoms with Crippen molar-refractivity contribution in [2.24, 2.45) is 5.92 Å². The topological polar surface area (TPSA) is 77.4 Å². The van der Waals surface area contributed by atoms with Crippen molar-refractivity contribution in [3.63, 3.8) is 0 Å². The Balaban J connectivity index is 1.86. The van der Waals surface area contributed by atoms with Crippen LogP contribution in [0.3, 0.4) is 0 Å². The molecule has 0 radical (unpaired) electrons. The van der Waals surface area contributed by atoms with Crippen LogP contribution in [-0.2, 0) is 6.42 Å². The van der Waals surface area contributed by atoms with Gasteiger partial charge in [-0.1, -0.05) is 19.1 Å². The first-order chi connectivity index (χ1) is 10.8. The normalized spacial score (nSPS) is 19.8. The number of aromatic nitrogens is 3. The Hall–Kier alpha value is -2.87. The fourth-order valence-electron chi connectivity index (χ4n) is 3.38. The lowest BCUT2D eigenvalue weighted by Gasteiger charge is -2.15. The molecule has 1 aliphatic rings. The van der Waals surface area contributed by atoms with Gasteiger partial charge in [0.25, 0.3) is 0 Å². The van der Waals surface area contributed by atoms with Gasteiger partial charge >= 0.3 is 0 Å². The molecule has 0 bridgehead atoms. The van der Waals surface area contributed by atoms with Crippen molar-refractivity contribution in [1.82, 2.24) is 20.3 Å². The molecule has 1 aliphatic carbocycles. The average molecular weight is 289 g/mol. The fraction of sp³-hybridized carbons (Fsp3) is 0.235. The minimum Gasteiger partial charge on any atom is -0.346 e. The van der Waals surface area contributed by atoms with E-state index in [2.05, 4.69) is 51.6 Å². The number of aromatic amines is 1. The third kappa shape index (κ3) is 1.85. The van der Waals surface area contributed by atoms with Gasteiger partial charge in [0.1, 0.15) is 12.0 Å². The zero-order valence-electron chi connectivity index (χ0n) is 12.2. The van der Waals surface area contributed by atoms with E-state index >= 15 is 0 Å². The summed E-state index contributed by atoms with van der Waals surface area (Å²) < 4.78 is 0. The zero-order valence-corrected chi connectivity index (χ0v) is 12.2. The molecule has 1 aromatic carbocycles. The molecule has 0 saturated carbocycles. The lowest BCUT2D eigenvalue weighted by atomic mass is 10.00. The van der Waals surface area contributed by atoms with Gasteiger partial charge < -0.3 is 10.3 Å². The highest BCUT2D eigenvalue weighted by Gasteiger charge is 2.29. The number of nitrogens with zero attached hydrogens (tertiary/aromatic N) is 3. The van der Waals surface area contributed by atoms with Crippen molar-refractivity contribution in [2.75, 3.05) is 0 Å². The molecule has 2 heterocycles. The summed E-state index contributed by atoms with van der Waals surface area (Å²) in [6, 6.07) is 8.49. The molecule has 0 amide bonds. The maximum absolute atomic E-state index is 8.98. The molecule has 3 aromatic rings. The highest BCUT2D eigenvalue weighted by Crippen LogP contribution is 2.38. The molecule has 2 atom stereocenters. The zero-order chi connectivity index (χ0) is 15.1. The van der Waals surface area contributed by atoms with Gasteiger partial charge in [0.2, 0.25) is 0 Å². The van der Waals surface area contributed by atoms with Crippen LogP contribution in [0, 0.1) is 17.4 Å². The molecule has 0 fully saturated rings. The van der Waals surface area contributed by atoms with Crippen LogP contribution < -0.4 is 5.32 Å². The van der Waals surface area contributed by atoms with Gasteiger partial charge in [0.05, 0.1) is 11.7 Å². The van der Waals surface area contributed by atoms with E-state index in [0.717, 1.165) is 28.7 Å². The maximum Gasteiger partial charge on any atom is 0.177 e. The van der Waals surface area contributed by atoms with Gasteiger partial charge in [0.15, 0.2) is 6.19 Å². The van der Waals surface area contributed by atoms with Crippen molar-refractivity contribution in [1.29, 1.82) is 5.26 Å². The van der Waals surface area contributed by atoms with Gasteiger partial charge in [-0.2, -0.15) is 5.26 Å². The van der Waals surface area contributed by atoms with Crippen molar-refractivity contribution in [3.8, 4) is 17.5 Å². The van der Waals surface area contributed by atoms with Crippen LogP contribution in [0.25, 0.3) is 22.3 Å². The number of fused-ring (bicyclic) bond motifs is 2. The maximum atomic E-state index is 8.98. The van der Waals surface area contributed by atoms with Crippen LogP contribution in [-0.4, -0.2) is 15.0 Å². The third-order valence-electron chi connectivity index (χ3n) is 4.44. The molecule has 0 unspecified atom stereocenters. The summed E-state index contributed by atoms with van der Waals surface area (Å²) >= 11 is 0. The summed E-state index contributed by atoms with van der Waals surface area (Å²) in [5, 5.41) is 12.9. The summed E-state index contributed by atoms with van der Waals surface area (Å²) in [5.41, 5.74) is 5.33. The summed E-state index contributed by atoms with van der Waals surface area (Å²) in [5.74, 6) is 0.419. The van der Waals surface area contributed by atoms with Gasteiger partial charge in [-0.3, -0.25) is 0 Å². The molecule has 0 aliphatic heterocycles. The second kappa shape index (κ2) is 4.85. The van der Waals surface area contributed by atoms with E-state index < -0.39 is 0 Å². The molecule has 5 nitrogen and oxygen atoms in total. The van der Waals surface area contributed by atoms with Crippen LogP contribution in [0.1, 0.15) is 24.1 Å². The first-order valence-corrected chi connectivity index (χ1v) is 7.34. The Morgan fingerprint density at radius 2 is 2.23 bits per heavy atom. The number of hydrogen-bond donors (Lipinski definition) is 2. The summed E-state index contributed by atoms with van der Waals surface area (Å²) in [7, 11) is 0. The number of rotatable bonds is 2. The number of nitrogens with one attached hydrogen (secondary N) is 2. The van der Waals surface area contributed by atoms with Gasteiger partial charge in [-0.25, -0.2) is 9.97 Å². The van der Waals surface area contributed by atoms with E-state index in [-0.39, 0.29) is 6.04 Å². The predicted molar refractivity (Wildman–Crippen MR) is 83.7 cm³/mol. The monoisotopic (exact) mass is 289 g/mol. The second-order valence-corrected chi connectivity index (χ2v) is 5.79. The molecule has 4 rings (SSSR count). The second-order valence-electron chi connectivity index (χ2n) is 5.79. The first-order valence-electron chi connectivity index (χ1n) is 7.34. The Kier molecular flexibility index (Phi) is 2.83. The highest BCUT2D eigenvalue weighted by atomic mass is 14.9. The molecule has 22 heavy (non-hydrogen) atoms. The quantitative estimate of drug-likeness (QED) is 0.561. The minimum absolute atomic E-state index is 0.0866. The van der Waals surface area contributed by atoms with Crippen LogP contribution in [0.5, 0.6) is 0 Å². The van der Waals surface area contributed by atoms with Crippen LogP contribution >= 0.6 is 0 Å². The average Bonchev–Trinajstić information content (AvgIpc) is 3.12. The number of H-pyrrole nitrogens is 1. The molecule has 5 heteroatoms. The van der Waals surface area contributed by atoms with Crippen molar-refractivity contribution in [2.45, 2.75) is 19.4 Å². The van der Waals surface area contributed by atoms with Crippen LogP contribution in [0.4, 0.5) is 0 Å². The standard InChI is InChI=1S/C17H15N5/c1-10-6-11-2-3-12(7-14(11)15(10)20-8-18)16-13-4-5-19-17(13)22-9-21-16/h2-5,7,9-10,15,20H,6H2,1H3,(H,19,21,22)/t10-,15-/m1/s1. The van der Waals surface area contributed by atoms with E-state index in [1.54, 1.807) is 6.33 Å². The van der Waals surface area contributed by atoms with E-state index in [0.29, 0.717) is 5.92 Å². The van der Waals surface area contributed by atoms with Crippen molar-refractivity contribution in [3.05, 3.63) is 47.9 Å². The molecule has 0 saturated heterocycles. The lowest BCUT2D eigenvalue weighted by molar-refractivity contribution is 0.466. The van der Waals surface area contributed by atoms with E-state index in [9.17, 15) is 0 Å². The van der Waals surface area contributed by atoms with Crippen molar-refractivity contribution >= 4 is 11.0 Å². The molecule has 2 N–H and O–H groups in total. The number of hydrogen-bond acceptors (Lipinski definition) is 4. The highest BCUT2D eigenvalue weighted by molar-refractivity contribution is 5.90. The van der Waals surface area contributed by atoms with Gasteiger partial charge in [-0.05, 0) is 35.6 Å². The SMILES string of the molecule is C[C@@H]1Cc2ccc(-c3ncnc4[nH]ccc34)cc2[C@@H]1NC#N. The molecule has 0 spiro atoms. The predicted octanol–water partition coefficient (Wildman–Crippen LogP) is 2.93. The Bertz CT molecular complexity index is 889. The van der Waals surface area contributed by atoms with Gasteiger partial charge in [-0.15, -0.1) is 0 Å². The summed E-state index contributed by atoms with van der Waals surface area (Å²) in [6.07, 6.45) is 6.54. The Labute approximate surface area is 128 Å². The molecule has 108 valence electrons. The summed E-state index contributed by atoms with van der Waals surface area (Å²) in [4.78, 5) is 11.8. The third-order valence-corrected chi connectivity index (χ3v) is 4.44. The van der Waals surface area contributed by atoms with Crippen LogP contribution in [0.15, 0.2) is 36.8 Å².